The summed E-state index contributed by atoms with van der Waals surface area (Å²) in [5.41, 5.74) is 6.20. The van der Waals surface area contributed by atoms with Crippen molar-refractivity contribution < 1.29 is 14.3 Å². The Balaban J connectivity index is 2.22. The van der Waals surface area contributed by atoms with Gasteiger partial charge in [-0.15, -0.1) is 0 Å². The van der Waals surface area contributed by atoms with Gasteiger partial charge in [-0.25, -0.2) is 0 Å². The Morgan fingerprint density at radius 2 is 2.14 bits per heavy atom. The molecule has 21 heavy (non-hydrogen) atoms. The quantitative estimate of drug-likeness (QED) is 0.881. The first-order valence-corrected chi connectivity index (χ1v) is 6.98. The highest BCUT2D eigenvalue weighted by Crippen LogP contribution is 2.33. The standard InChI is InChI=1S/C15H21N3O3/c1-10(8-16)17(3)14(19)9-18-12-6-4-5-7-13(12)21-11(2)15(18)20/h4-7,10-11H,8-9,16H2,1-3H3. The van der Waals surface area contributed by atoms with Crippen LogP contribution in [0.25, 0.3) is 0 Å². The van der Waals surface area contributed by atoms with Crippen molar-refractivity contribution in [3.05, 3.63) is 24.3 Å². The Bertz CT molecular complexity index is 547. The van der Waals surface area contributed by atoms with Crippen LogP contribution in [-0.2, 0) is 9.59 Å². The first kappa shape index (κ1) is 15.3. The van der Waals surface area contributed by atoms with Gasteiger partial charge in [0, 0.05) is 19.6 Å². The molecule has 0 spiro atoms. The molecule has 2 atom stereocenters. The highest BCUT2D eigenvalue weighted by Gasteiger charge is 2.33. The van der Waals surface area contributed by atoms with Crippen LogP contribution in [0.2, 0.25) is 0 Å². The Morgan fingerprint density at radius 1 is 1.48 bits per heavy atom. The summed E-state index contributed by atoms with van der Waals surface area (Å²) < 4.78 is 5.55. The molecule has 1 heterocycles. The number of carbonyl (C=O) groups is 2. The fraction of sp³-hybridized carbons (Fsp3) is 0.467. The fourth-order valence-corrected chi connectivity index (χ4v) is 2.17. The smallest absolute Gasteiger partial charge is 0.268 e. The third-order valence-electron chi connectivity index (χ3n) is 3.76. The normalized spacial score (nSPS) is 18.8. The first-order chi connectivity index (χ1) is 9.95. The second kappa shape index (κ2) is 6.13. The second-order valence-electron chi connectivity index (χ2n) is 5.24. The highest BCUT2D eigenvalue weighted by molar-refractivity contribution is 6.03. The van der Waals surface area contributed by atoms with Crippen molar-refractivity contribution in [2.24, 2.45) is 5.73 Å². The third-order valence-corrected chi connectivity index (χ3v) is 3.76. The van der Waals surface area contributed by atoms with E-state index >= 15 is 0 Å². The van der Waals surface area contributed by atoms with Crippen LogP contribution in [0.3, 0.4) is 0 Å². The minimum absolute atomic E-state index is 0.00954. The summed E-state index contributed by atoms with van der Waals surface area (Å²) in [4.78, 5) is 27.6. The molecule has 1 aromatic carbocycles. The molecule has 6 nitrogen and oxygen atoms in total. The zero-order valence-electron chi connectivity index (χ0n) is 12.6. The number of nitrogens with two attached hydrogens (primary N) is 1. The van der Waals surface area contributed by atoms with Crippen LogP contribution in [0, 0.1) is 0 Å². The van der Waals surface area contributed by atoms with Gasteiger partial charge in [-0.1, -0.05) is 12.1 Å². The third kappa shape index (κ3) is 3.00. The van der Waals surface area contributed by atoms with E-state index in [2.05, 4.69) is 0 Å². The number of anilines is 1. The average molecular weight is 291 g/mol. The van der Waals surface area contributed by atoms with E-state index in [-0.39, 0.29) is 24.4 Å². The molecule has 0 aromatic heterocycles. The van der Waals surface area contributed by atoms with Gasteiger partial charge in [-0.3, -0.25) is 14.5 Å². The lowest BCUT2D eigenvalue weighted by molar-refractivity contribution is -0.133. The van der Waals surface area contributed by atoms with E-state index < -0.39 is 6.10 Å². The van der Waals surface area contributed by atoms with Crippen LogP contribution in [-0.4, -0.2) is 49.0 Å². The zero-order chi connectivity index (χ0) is 15.6. The largest absolute Gasteiger partial charge is 0.479 e. The maximum Gasteiger partial charge on any atom is 0.268 e. The molecule has 2 amide bonds. The van der Waals surface area contributed by atoms with E-state index in [1.165, 1.54) is 4.90 Å². The lowest BCUT2D eigenvalue weighted by Gasteiger charge is -2.34. The number of amides is 2. The minimum Gasteiger partial charge on any atom is -0.479 e. The van der Waals surface area contributed by atoms with Crippen LogP contribution in [0.5, 0.6) is 5.75 Å². The van der Waals surface area contributed by atoms with Crippen molar-refractivity contribution >= 4 is 17.5 Å². The van der Waals surface area contributed by atoms with Gasteiger partial charge in [0.1, 0.15) is 12.3 Å². The monoisotopic (exact) mass is 291 g/mol. The number of benzene rings is 1. The SMILES string of the molecule is CC1Oc2ccccc2N(CC(=O)N(C)C(C)CN)C1=O. The van der Waals surface area contributed by atoms with Crippen LogP contribution in [0.4, 0.5) is 5.69 Å². The molecule has 1 aliphatic heterocycles. The van der Waals surface area contributed by atoms with E-state index in [9.17, 15) is 9.59 Å². The van der Waals surface area contributed by atoms with Crippen molar-refractivity contribution in [3.8, 4) is 5.75 Å². The topological polar surface area (TPSA) is 75.9 Å². The van der Waals surface area contributed by atoms with E-state index in [1.54, 1.807) is 31.0 Å². The van der Waals surface area contributed by atoms with Gasteiger partial charge in [-0.2, -0.15) is 0 Å². The molecule has 0 saturated heterocycles. The molecule has 1 aromatic rings. The Kier molecular flexibility index (Phi) is 4.47. The van der Waals surface area contributed by atoms with Crippen LogP contribution < -0.4 is 15.4 Å². The summed E-state index contributed by atoms with van der Waals surface area (Å²) in [5.74, 6) is 0.257. The van der Waals surface area contributed by atoms with Gasteiger partial charge in [0.25, 0.3) is 5.91 Å². The number of para-hydroxylation sites is 2. The van der Waals surface area contributed by atoms with E-state index in [4.69, 9.17) is 10.5 Å². The van der Waals surface area contributed by atoms with Gasteiger partial charge in [0.2, 0.25) is 5.91 Å². The van der Waals surface area contributed by atoms with Crippen molar-refractivity contribution in [2.75, 3.05) is 25.0 Å². The van der Waals surface area contributed by atoms with Gasteiger partial charge < -0.3 is 15.4 Å². The highest BCUT2D eigenvalue weighted by atomic mass is 16.5. The molecule has 114 valence electrons. The number of carbonyl (C=O) groups excluding carboxylic acids is 2. The van der Waals surface area contributed by atoms with Gasteiger partial charge in [0.15, 0.2) is 6.10 Å². The molecule has 2 rings (SSSR count). The number of likely N-dealkylation sites (N-methyl/N-ethyl adjacent to an activating group) is 1. The zero-order valence-corrected chi connectivity index (χ0v) is 12.6. The number of hydrogen-bond donors (Lipinski definition) is 1. The first-order valence-electron chi connectivity index (χ1n) is 6.98. The molecule has 0 fully saturated rings. The lowest BCUT2D eigenvalue weighted by Crippen LogP contribution is -2.51. The summed E-state index contributed by atoms with van der Waals surface area (Å²) in [6, 6.07) is 7.15. The Hall–Kier alpha value is -2.08. The molecule has 0 bridgehead atoms. The predicted molar refractivity (Wildman–Crippen MR) is 80.2 cm³/mol. The van der Waals surface area contributed by atoms with Gasteiger partial charge in [0.05, 0.1) is 5.69 Å². The Labute approximate surface area is 124 Å². The van der Waals surface area contributed by atoms with Crippen molar-refractivity contribution in [2.45, 2.75) is 26.0 Å². The van der Waals surface area contributed by atoms with E-state index in [0.717, 1.165) is 0 Å². The fourth-order valence-electron chi connectivity index (χ4n) is 2.17. The van der Waals surface area contributed by atoms with E-state index in [0.29, 0.717) is 18.0 Å². The number of fused-ring (bicyclic) bond motifs is 1. The van der Waals surface area contributed by atoms with Crippen molar-refractivity contribution in [1.29, 1.82) is 0 Å². The molecule has 2 unspecified atom stereocenters. The van der Waals surface area contributed by atoms with Crippen molar-refractivity contribution in [3.63, 3.8) is 0 Å². The second-order valence-corrected chi connectivity index (χ2v) is 5.24. The van der Waals surface area contributed by atoms with Crippen LogP contribution in [0.1, 0.15) is 13.8 Å². The molecule has 6 heteroatoms. The van der Waals surface area contributed by atoms with Gasteiger partial charge >= 0.3 is 0 Å². The van der Waals surface area contributed by atoms with Gasteiger partial charge in [-0.05, 0) is 26.0 Å². The summed E-state index contributed by atoms with van der Waals surface area (Å²) in [6.45, 7) is 3.92. The maximum atomic E-state index is 12.3. The summed E-state index contributed by atoms with van der Waals surface area (Å²) >= 11 is 0. The Morgan fingerprint density at radius 3 is 2.81 bits per heavy atom. The van der Waals surface area contributed by atoms with Crippen LogP contribution >= 0.6 is 0 Å². The molecular formula is C15H21N3O3. The molecular weight excluding hydrogens is 270 g/mol. The molecule has 1 aliphatic rings. The van der Waals surface area contributed by atoms with E-state index in [1.807, 2.05) is 19.1 Å². The predicted octanol–water partition coefficient (Wildman–Crippen LogP) is 0.606. The number of ether oxygens (including phenoxy) is 1. The summed E-state index contributed by atoms with van der Waals surface area (Å²) in [5, 5.41) is 0. The minimum atomic E-state index is -0.593. The summed E-state index contributed by atoms with van der Waals surface area (Å²) in [7, 11) is 1.69. The molecule has 2 N–H and O–H groups in total. The summed E-state index contributed by atoms with van der Waals surface area (Å²) in [6.07, 6.45) is -0.593. The maximum absolute atomic E-state index is 12.3. The van der Waals surface area contributed by atoms with Crippen LogP contribution in [0.15, 0.2) is 24.3 Å². The molecule has 0 aliphatic carbocycles. The number of hydrogen-bond acceptors (Lipinski definition) is 4. The number of rotatable bonds is 4. The molecule has 0 saturated carbocycles. The number of nitrogens with zero attached hydrogens (tertiary/aromatic N) is 2. The average Bonchev–Trinajstić information content (AvgIpc) is 2.49. The molecule has 0 radical (unpaired) electrons. The van der Waals surface area contributed by atoms with Crippen molar-refractivity contribution in [1.82, 2.24) is 4.90 Å². The lowest BCUT2D eigenvalue weighted by atomic mass is 10.2.